The van der Waals surface area contributed by atoms with Crippen LogP contribution < -0.4 is 0 Å². The molecule has 0 aliphatic heterocycles. The lowest BCUT2D eigenvalue weighted by Crippen LogP contribution is -2.15. The minimum atomic E-state index is -0.331. The summed E-state index contributed by atoms with van der Waals surface area (Å²) < 4.78 is 4.82. The van der Waals surface area contributed by atoms with Crippen LogP contribution in [0.1, 0.15) is 6.92 Å². The van der Waals surface area contributed by atoms with Gasteiger partial charge in [0, 0.05) is 5.56 Å². The number of rotatable bonds is 4. The van der Waals surface area contributed by atoms with Crippen LogP contribution in [0.15, 0.2) is 36.5 Å². The number of hydrogen-bond acceptors (Lipinski definition) is 4. The van der Waals surface area contributed by atoms with E-state index in [9.17, 15) is 4.79 Å². The SMILES string of the molecule is CCOC(=O)Cn1ncc(-c2ccccc2)n1. The average molecular weight is 231 g/mol. The number of ether oxygens (including phenoxy) is 1. The van der Waals surface area contributed by atoms with E-state index < -0.39 is 0 Å². The van der Waals surface area contributed by atoms with Gasteiger partial charge in [0.2, 0.25) is 0 Å². The molecule has 0 aliphatic carbocycles. The normalized spacial score (nSPS) is 10.2. The maximum atomic E-state index is 11.2. The smallest absolute Gasteiger partial charge is 0.329 e. The Labute approximate surface area is 99.0 Å². The second kappa shape index (κ2) is 5.25. The van der Waals surface area contributed by atoms with Gasteiger partial charge in [-0.05, 0) is 6.92 Å². The molecular formula is C12H13N3O2. The van der Waals surface area contributed by atoms with Crippen LogP contribution in [0.5, 0.6) is 0 Å². The monoisotopic (exact) mass is 231 g/mol. The first-order valence-electron chi connectivity index (χ1n) is 5.40. The van der Waals surface area contributed by atoms with Gasteiger partial charge in [-0.3, -0.25) is 0 Å². The maximum Gasteiger partial charge on any atom is 0.329 e. The number of carbonyl (C=O) groups excluding carboxylic acids is 1. The van der Waals surface area contributed by atoms with Crippen molar-refractivity contribution in [3.05, 3.63) is 36.5 Å². The molecule has 0 aliphatic rings. The second-order valence-electron chi connectivity index (χ2n) is 3.43. The highest BCUT2D eigenvalue weighted by Gasteiger charge is 2.07. The topological polar surface area (TPSA) is 57.0 Å². The third-order valence-corrected chi connectivity index (χ3v) is 2.18. The van der Waals surface area contributed by atoms with Crippen LogP contribution >= 0.6 is 0 Å². The largest absolute Gasteiger partial charge is 0.465 e. The van der Waals surface area contributed by atoms with E-state index in [-0.39, 0.29) is 12.5 Å². The van der Waals surface area contributed by atoms with Gasteiger partial charge in [0.05, 0.1) is 12.8 Å². The van der Waals surface area contributed by atoms with Crippen molar-refractivity contribution >= 4 is 5.97 Å². The van der Waals surface area contributed by atoms with Crippen LogP contribution in [-0.4, -0.2) is 27.6 Å². The van der Waals surface area contributed by atoms with Crippen LogP contribution in [0.3, 0.4) is 0 Å². The molecule has 0 atom stereocenters. The molecule has 5 nitrogen and oxygen atoms in total. The summed E-state index contributed by atoms with van der Waals surface area (Å²) in [5.41, 5.74) is 1.72. The first-order chi connectivity index (χ1) is 8.29. The zero-order chi connectivity index (χ0) is 12.1. The minimum absolute atomic E-state index is 0.0423. The number of hydrogen-bond donors (Lipinski definition) is 0. The van der Waals surface area contributed by atoms with E-state index in [0.717, 1.165) is 11.3 Å². The van der Waals surface area contributed by atoms with Gasteiger partial charge in [0.1, 0.15) is 5.69 Å². The highest BCUT2D eigenvalue weighted by atomic mass is 16.5. The molecule has 0 saturated carbocycles. The molecule has 17 heavy (non-hydrogen) atoms. The van der Waals surface area contributed by atoms with Crippen LogP contribution in [0.4, 0.5) is 0 Å². The van der Waals surface area contributed by atoms with Crippen molar-refractivity contribution in [3.8, 4) is 11.3 Å². The van der Waals surface area contributed by atoms with Gasteiger partial charge < -0.3 is 4.74 Å². The zero-order valence-electron chi connectivity index (χ0n) is 9.54. The van der Waals surface area contributed by atoms with E-state index in [1.54, 1.807) is 13.1 Å². The summed E-state index contributed by atoms with van der Waals surface area (Å²) in [5, 5.41) is 8.23. The van der Waals surface area contributed by atoms with E-state index in [1.165, 1.54) is 4.80 Å². The molecule has 2 rings (SSSR count). The number of carbonyl (C=O) groups is 1. The molecule has 1 aromatic heterocycles. The Bertz CT molecular complexity index is 493. The summed E-state index contributed by atoms with van der Waals surface area (Å²) in [6.07, 6.45) is 1.63. The second-order valence-corrected chi connectivity index (χ2v) is 3.43. The molecule has 88 valence electrons. The Morgan fingerprint density at radius 3 is 2.82 bits per heavy atom. The summed E-state index contributed by atoms with van der Waals surface area (Å²) in [7, 11) is 0. The van der Waals surface area contributed by atoms with Gasteiger partial charge in [-0.25, -0.2) is 4.79 Å². The molecule has 0 amide bonds. The molecule has 1 aromatic carbocycles. The van der Waals surface area contributed by atoms with Crippen molar-refractivity contribution in [1.29, 1.82) is 0 Å². The van der Waals surface area contributed by atoms with Crippen LogP contribution in [-0.2, 0) is 16.1 Å². The zero-order valence-corrected chi connectivity index (χ0v) is 9.54. The molecule has 0 bridgehead atoms. The van der Waals surface area contributed by atoms with Crippen LogP contribution in [0.2, 0.25) is 0 Å². The molecular weight excluding hydrogens is 218 g/mol. The molecule has 0 unspecified atom stereocenters. The fourth-order valence-electron chi connectivity index (χ4n) is 1.44. The molecule has 0 spiro atoms. The predicted molar refractivity (Wildman–Crippen MR) is 62.1 cm³/mol. The van der Waals surface area contributed by atoms with Crippen molar-refractivity contribution in [2.75, 3.05) is 6.61 Å². The highest BCUT2D eigenvalue weighted by Crippen LogP contribution is 2.14. The minimum Gasteiger partial charge on any atom is -0.465 e. The van der Waals surface area contributed by atoms with Crippen molar-refractivity contribution in [3.63, 3.8) is 0 Å². The first kappa shape index (κ1) is 11.3. The average Bonchev–Trinajstić information content (AvgIpc) is 2.79. The Morgan fingerprint density at radius 1 is 1.35 bits per heavy atom. The van der Waals surface area contributed by atoms with Gasteiger partial charge in [-0.1, -0.05) is 30.3 Å². The highest BCUT2D eigenvalue weighted by molar-refractivity contribution is 5.69. The van der Waals surface area contributed by atoms with E-state index in [4.69, 9.17) is 4.74 Å². The fraction of sp³-hybridized carbons (Fsp3) is 0.250. The third-order valence-electron chi connectivity index (χ3n) is 2.18. The predicted octanol–water partition coefficient (Wildman–Crippen LogP) is 1.51. The molecule has 0 N–H and O–H groups in total. The van der Waals surface area contributed by atoms with Crippen LogP contribution in [0.25, 0.3) is 11.3 Å². The molecule has 0 radical (unpaired) electrons. The standard InChI is InChI=1S/C12H13N3O2/c1-2-17-12(16)9-15-13-8-11(14-15)10-6-4-3-5-7-10/h3-8H,2,9H2,1H3. The van der Waals surface area contributed by atoms with Crippen molar-refractivity contribution in [2.24, 2.45) is 0 Å². The number of aromatic nitrogens is 3. The molecule has 1 heterocycles. The Balaban J connectivity index is 2.09. The number of benzene rings is 1. The number of esters is 1. The molecule has 2 aromatic rings. The summed E-state index contributed by atoms with van der Waals surface area (Å²) in [6, 6.07) is 9.68. The quantitative estimate of drug-likeness (QED) is 0.748. The van der Waals surface area contributed by atoms with Gasteiger partial charge in [-0.15, -0.1) is 0 Å². The Kier molecular flexibility index (Phi) is 3.49. The lowest BCUT2D eigenvalue weighted by molar-refractivity contribution is -0.144. The van der Waals surface area contributed by atoms with Gasteiger partial charge in [-0.2, -0.15) is 15.0 Å². The summed E-state index contributed by atoms with van der Waals surface area (Å²) in [4.78, 5) is 12.6. The molecule has 5 heteroatoms. The fourth-order valence-corrected chi connectivity index (χ4v) is 1.44. The molecule has 0 fully saturated rings. The van der Waals surface area contributed by atoms with Crippen LogP contribution in [0, 0.1) is 0 Å². The Morgan fingerprint density at radius 2 is 2.12 bits per heavy atom. The van der Waals surface area contributed by atoms with Gasteiger partial charge in [0.25, 0.3) is 0 Å². The Hall–Kier alpha value is -2.17. The molecule has 0 saturated heterocycles. The lowest BCUT2D eigenvalue weighted by Gasteiger charge is -1.99. The van der Waals surface area contributed by atoms with Crippen molar-refractivity contribution < 1.29 is 9.53 Å². The lowest BCUT2D eigenvalue weighted by atomic mass is 10.2. The van der Waals surface area contributed by atoms with E-state index in [2.05, 4.69) is 10.2 Å². The van der Waals surface area contributed by atoms with Gasteiger partial charge in [0.15, 0.2) is 6.54 Å². The van der Waals surface area contributed by atoms with E-state index in [1.807, 2.05) is 30.3 Å². The maximum absolute atomic E-state index is 11.2. The van der Waals surface area contributed by atoms with E-state index >= 15 is 0 Å². The summed E-state index contributed by atoms with van der Waals surface area (Å²) >= 11 is 0. The first-order valence-corrected chi connectivity index (χ1v) is 5.40. The van der Waals surface area contributed by atoms with Gasteiger partial charge >= 0.3 is 5.97 Å². The third kappa shape index (κ3) is 2.90. The van der Waals surface area contributed by atoms with Crippen molar-refractivity contribution in [2.45, 2.75) is 13.5 Å². The summed E-state index contributed by atoms with van der Waals surface area (Å²) in [5.74, 6) is -0.331. The van der Waals surface area contributed by atoms with E-state index in [0.29, 0.717) is 6.61 Å². The summed E-state index contributed by atoms with van der Waals surface area (Å²) in [6.45, 7) is 2.18. The van der Waals surface area contributed by atoms with Crippen molar-refractivity contribution in [1.82, 2.24) is 15.0 Å². The number of nitrogens with zero attached hydrogens (tertiary/aromatic N) is 3.